The number of hydrogen-bond donors (Lipinski definition) is 1. The summed E-state index contributed by atoms with van der Waals surface area (Å²) in [7, 11) is 0. The Hall–Kier alpha value is -1.75. The minimum atomic E-state index is 0.416. The number of rotatable bonds is 3. The molecule has 2 N–H and O–H groups in total. The van der Waals surface area contributed by atoms with Crippen LogP contribution in [0, 0.1) is 0 Å². The Bertz CT molecular complexity index is 483. The Kier molecular flexibility index (Phi) is 2.18. The van der Waals surface area contributed by atoms with E-state index in [-0.39, 0.29) is 0 Å². The lowest BCUT2D eigenvalue weighted by Crippen LogP contribution is -2.04. The zero-order valence-electron chi connectivity index (χ0n) is 8.87. The fourth-order valence-electron chi connectivity index (χ4n) is 1.63. The van der Waals surface area contributed by atoms with Crippen LogP contribution >= 0.6 is 0 Å². The van der Waals surface area contributed by atoms with E-state index in [0.717, 1.165) is 17.2 Å². The molecule has 0 radical (unpaired) electrons. The van der Waals surface area contributed by atoms with Crippen molar-refractivity contribution in [1.29, 1.82) is 0 Å². The van der Waals surface area contributed by atoms with E-state index >= 15 is 0 Å². The molecule has 5 heteroatoms. The molecule has 0 bridgehead atoms. The molecule has 2 aromatic heterocycles. The molecule has 0 atom stereocenters. The summed E-state index contributed by atoms with van der Waals surface area (Å²) in [5, 5.41) is 4.48. The van der Waals surface area contributed by atoms with Crippen molar-refractivity contribution in [2.24, 2.45) is 5.73 Å². The molecule has 5 nitrogen and oxygen atoms in total. The quantitative estimate of drug-likeness (QED) is 0.829. The van der Waals surface area contributed by atoms with E-state index in [4.69, 9.17) is 5.73 Å². The molecule has 2 heterocycles. The van der Waals surface area contributed by atoms with Gasteiger partial charge in [0.2, 0.25) is 0 Å². The lowest BCUT2D eigenvalue weighted by molar-refractivity contribution is 0.798. The molecule has 0 saturated heterocycles. The highest BCUT2D eigenvalue weighted by Gasteiger charge is 2.25. The maximum Gasteiger partial charge on any atom is 0.171 e. The maximum absolute atomic E-state index is 5.47. The lowest BCUT2D eigenvalue weighted by atomic mass is 10.3. The second kappa shape index (κ2) is 3.68. The Labute approximate surface area is 93.3 Å². The second-order valence-corrected chi connectivity index (χ2v) is 4.03. The molecule has 16 heavy (non-hydrogen) atoms. The standard InChI is InChI=1S/C11H13N5/c12-5-9-6-14-11(7-13-9)16-4-3-10(15-16)8-1-2-8/h3-4,6-8H,1-2,5,12H2. The normalized spacial score (nSPS) is 15.3. The number of nitrogens with zero attached hydrogens (tertiary/aromatic N) is 4. The molecule has 1 aliphatic carbocycles. The lowest BCUT2D eigenvalue weighted by Gasteiger charge is -2.00. The predicted octanol–water partition coefficient (Wildman–Crippen LogP) is 0.998. The summed E-state index contributed by atoms with van der Waals surface area (Å²) in [5.41, 5.74) is 7.41. The average Bonchev–Trinajstić information content (AvgIpc) is 3.08. The largest absolute Gasteiger partial charge is 0.325 e. The van der Waals surface area contributed by atoms with Crippen molar-refractivity contribution in [3.63, 3.8) is 0 Å². The van der Waals surface area contributed by atoms with Gasteiger partial charge in [0.05, 0.1) is 23.8 Å². The average molecular weight is 215 g/mol. The van der Waals surface area contributed by atoms with Gasteiger partial charge in [-0.05, 0) is 18.9 Å². The highest BCUT2D eigenvalue weighted by Crippen LogP contribution is 2.38. The minimum Gasteiger partial charge on any atom is -0.325 e. The zero-order valence-corrected chi connectivity index (χ0v) is 8.87. The highest BCUT2D eigenvalue weighted by molar-refractivity contribution is 5.21. The summed E-state index contributed by atoms with van der Waals surface area (Å²) < 4.78 is 1.76. The summed E-state index contributed by atoms with van der Waals surface area (Å²) in [6.45, 7) is 0.416. The van der Waals surface area contributed by atoms with Crippen LogP contribution in [0.15, 0.2) is 24.7 Å². The SMILES string of the molecule is NCc1cnc(-n2ccc(C3CC3)n2)cn1. The first kappa shape index (κ1) is 9.47. The van der Waals surface area contributed by atoms with Crippen molar-refractivity contribution >= 4 is 0 Å². The van der Waals surface area contributed by atoms with Crippen LogP contribution in [0.25, 0.3) is 5.82 Å². The van der Waals surface area contributed by atoms with Crippen LogP contribution in [0.1, 0.15) is 30.1 Å². The molecule has 0 spiro atoms. The van der Waals surface area contributed by atoms with Gasteiger partial charge in [0.15, 0.2) is 5.82 Å². The van der Waals surface area contributed by atoms with E-state index in [1.165, 1.54) is 12.8 Å². The monoisotopic (exact) mass is 215 g/mol. The van der Waals surface area contributed by atoms with Crippen LogP contribution in [0.2, 0.25) is 0 Å². The Morgan fingerprint density at radius 3 is 2.81 bits per heavy atom. The van der Waals surface area contributed by atoms with Gasteiger partial charge in [-0.15, -0.1) is 0 Å². The molecule has 0 unspecified atom stereocenters. The Morgan fingerprint density at radius 2 is 2.19 bits per heavy atom. The summed E-state index contributed by atoms with van der Waals surface area (Å²) in [5.74, 6) is 1.40. The van der Waals surface area contributed by atoms with Crippen molar-refractivity contribution in [2.45, 2.75) is 25.3 Å². The van der Waals surface area contributed by atoms with Crippen LogP contribution in [-0.4, -0.2) is 19.7 Å². The van der Waals surface area contributed by atoms with E-state index in [0.29, 0.717) is 12.5 Å². The maximum atomic E-state index is 5.47. The molecule has 0 aromatic carbocycles. The topological polar surface area (TPSA) is 69.6 Å². The van der Waals surface area contributed by atoms with Gasteiger partial charge < -0.3 is 5.73 Å². The molecule has 82 valence electrons. The minimum absolute atomic E-state index is 0.416. The number of aromatic nitrogens is 4. The fourth-order valence-corrected chi connectivity index (χ4v) is 1.63. The summed E-state index contributed by atoms with van der Waals surface area (Å²) in [6.07, 6.45) is 7.84. The third-order valence-electron chi connectivity index (χ3n) is 2.74. The van der Waals surface area contributed by atoms with Gasteiger partial charge in [-0.25, -0.2) is 9.67 Å². The van der Waals surface area contributed by atoms with Crippen LogP contribution in [0.3, 0.4) is 0 Å². The van der Waals surface area contributed by atoms with Gasteiger partial charge in [0.1, 0.15) is 0 Å². The molecule has 3 rings (SSSR count). The summed E-state index contributed by atoms with van der Waals surface area (Å²) >= 11 is 0. The van der Waals surface area contributed by atoms with Gasteiger partial charge in [-0.3, -0.25) is 4.98 Å². The van der Waals surface area contributed by atoms with Crippen LogP contribution in [0.5, 0.6) is 0 Å². The molecule has 0 amide bonds. The molecule has 2 aromatic rings. The van der Waals surface area contributed by atoms with Gasteiger partial charge in [-0.2, -0.15) is 5.10 Å². The summed E-state index contributed by atoms with van der Waals surface area (Å²) in [4.78, 5) is 8.47. The van der Waals surface area contributed by atoms with E-state index in [2.05, 4.69) is 21.1 Å². The van der Waals surface area contributed by atoms with Crippen molar-refractivity contribution in [3.8, 4) is 5.82 Å². The fraction of sp³-hybridized carbons (Fsp3) is 0.364. The van der Waals surface area contributed by atoms with Crippen molar-refractivity contribution in [2.75, 3.05) is 0 Å². The molecule has 1 aliphatic rings. The zero-order chi connectivity index (χ0) is 11.0. The van der Waals surface area contributed by atoms with E-state index in [9.17, 15) is 0 Å². The first-order valence-corrected chi connectivity index (χ1v) is 5.44. The Morgan fingerprint density at radius 1 is 1.31 bits per heavy atom. The predicted molar refractivity (Wildman–Crippen MR) is 59.0 cm³/mol. The molecule has 0 aliphatic heterocycles. The van der Waals surface area contributed by atoms with Gasteiger partial charge in [0, 0.05) is 18.7 Å². The number of nitrogens with two attached hydrogens (primary N) is 1. The van der Waals surface area contributed by atoms with E-state index in [1.54, 1.807) is 17.1 Å². The van der Waals surface area contributed by atoms with Crippen molar-refractivity contribution in [1.82, 2.24) is 19.7 Å². The van der Waals surface area contributed by atoms with Crippen LogP contribution < -0.4 is 5.73 Å². The van der Waals surface area contributed by atoms with Crippen LogP contribution in [0.4, 0.5) is 0 Å². The second-order valence-electron chi connectivity index (χ2n) is 4.03. The van der Waals surface area contributed by atoms with E-state index in [1.807, 2.05) is 6.20 Å². The van der Waals surface area contributed by atoms with Crippen molar-refractivity contribution in [3.05, 3.63) is 36.0 Å². The third kappa shape index (κ3) is 1.69. The van der Waals surface area contributed by atoms with Gasteiger partial charge in [0.25, 0.3) is 0 Å². The van der Waals surface area contributed by atoms with Crippen LogP contribution in [-0.2, 0) is 6.54 Å². The van der Waals surface area contributed by atoms with Gasteiger partial charge in [-0.1, -0.05) is 0 Å². The first-order chi connectivity index (χ1) is 7.86. The molecular weight excluding hydrogens is 202 g/mol. The number of hydrogen-bond acceptors (Lipinski definition) is 4. The van der Waals surface area contributed by atoms with Gasteiger partial charge >= 0.3 is 0 Å². The molecule has 1 saturated carbocycles. The smallest absolute Gasteiger partial charge is 0.171 e. The third-order valence-corrected chi connectivity index (χ3v) is 2.74. The highest BCUT2D eigenvalue weighted by atomic mass is 15.3. The molecular formula is C11H13N5. The molecule has 1 fully saturated rings. The summed E-state index contributed by atoms with van der Waals surface area (Å²) in [6, 6.07) is 2.05. The van der Waals surface area contributed by atoms with E-state index < -0.39 is 0 Å². The first-order valence-electron chi connectivity index (χ1n) is 5.44. The Balaban J connectivity index is 1.88. The van der Waals surface area contributed by atoms with Crippen molar-refractivity contribution < 1.29 is 0 Å².